The number of aliphatic hydroxyl groups is 2. The Bertz CT molecular complexity index is 1070. The predicted octanol–water partition coefficient (Wildman–Crippen LogP) is -0.723. The van der Waals surface area contributed by atoms with Gasteiger partial charge in [-0.05, 0) is 106 Å². The van der Waals surface area contributed by atoms with Crippen molar-refractivity contribution in [3.63, 3.8) is 0 Å². The average molecular weight is 700 g/mol. The van der Waals surface area contributed by atoms with Crippen LogP contribution in [0.2, 0.25) is 0 Å². The first-order valence-corrected chi connectivity index (χ1v) is 15.2. The van der Waals surface area contributed by atoms with E-state index in [0.717, 1.165) is 76.2 Å². The molecule has 0 unspecified atom stereocenters. The van der Waals surface area contributed by atoms with Gasteiger partial charge < -0.3 is 40.0 Å². The molecule has 0 aromatic heterocycles. The topological polar surface area (TPSA) is 200 Å². The number of hydrogen-bond donors (Lipinski definition) is 3. The molecule has 5 N–H and O–H groups in total. The molecule has 2 fully saturated rings. The molecule has 15 heteroatoms. The minimum absolute atomic E-state index is 0. The van der Waals surface area contributed by atoms with Crippen LogP contribution in [-0.4, -0.2) is 106 Å². The number of aldehydes is 1. The molecular formula is C34H53BN2NaO11. The Kier molecular flexibility index (Phi) is 39.4. The van der Waals surface area contributed by atoms with E-state index < -0.39 is 11.9 Å². The molecule has 1 radical (unpaired) electrons. The Balaban J connectivity index is -0.000000275. The zero-order valence-corrected chi connectivity index (χ0v) is 31.8. The first-order chi connectivity index (χ1) is 22.6. The molecule has 0 atom stereocenters. The number of nitrogens with one attached hydrogen (secondary N) is 1. The number of carbonyl (C=O) groups excluding carboxylic acids is 4. The zero-order valence-electron chi connectivity index (χ0n) is 29.8. The van der Waals surface area contributed by atoms with Gasteiger partial charge in [0.2, 0.25) is 0 Å². The number of nitrogens with zero attached hydrogens (tertiary/aromatic N) is 1. The Labute approximate surface area is 314 Å². The summed E-state index contributed by atoms with van der Waals surface area (Å²) in [5.74, 6) is 1.65. The molecule has 4 rings (SSSR count). The van der Waals surface area contributed by atoms with Gasteiger partial charge in [0.25, 0.3) is 0 Å². The summed E-state index contributed by atoms with van der Waals surface area (Å²) in [4.78, 5) is 40.9. The van der Waals surface area contributed by atoms with Crippen LogP contribution in [0.25, 0.3) is 0 Å². The van der Waals surface area contributed by atoms with Crippen LogP contribution in [0.5, 0.6) is 11.5 Å². The van der Waals surface area contributed by atoms with Crippen LogP contribution >= 0.6 is 0 Å². The molecule has 0 spiro atoms. The van der Waals surface area contributed by atoms with Gasteiger partial charge >= 0.3 is 53.9 Å². The quantitative estimate of drug-likeness (QED) is 0.108. The van der Waals surface area contributed by atoms with Crippen molar-refractivity contribution in [2.45, 2.75) is 53.0 Å². The van der Waals surface area contributed by atoms with E-state index in [1.54, 1.807) is 38.5 Å². The number of likely N-dealkylation sites (tertiary alicyclic amines) is 1. The number of esters is 2. The van der Waals surface area contributed by atoms with Crippen molar-refractivity contribution in [2.24, 2.45) is 11.8 Å². The summed E-state index contributed by atoms with van der Waals surface area (Å²) >= 11 is 0. The zero-order chi connectivity index (χ0) is 35.9. The molecular weight excluding hydrogens is 646 g/mol. The third-order valence-corrected chi connectivity index (χ3v) is 6.79. The van der Waals surface area contributed by atoms with Crippen molar-refractivity contribution in [2.75, 3.05) is 53.6 Å². The number of benzene rings is 2. The van der Waals surface area contributed by atoms with E-state index in [0.29, 0.717) is 30.6 Å². The van der Waals surface area contributed by atoms with E-state index in [1.165, 1.54) is 32.6 Å². The monoisotopic (exact) mass is 699 g/mol. The maximum atomic E-state index is 10.2. The molecule has 13 nitrogen and oxygen atoms in total. The Hall–Kier alpha value is -2.82. The van der Waals surface area contributed by atoms with Crippen LogP contribution in [-0.2, 0) is 30.4 Å². The van der Waals surface area contributed by atoms with Crippen LogP contribution in [0.15, 0.2) is 48.5 Å². The van der Waals surface area contributed by atoms with E-state index in [9.17, 15) is 14.4 Å². The summed E-state index contributed by atoms with van der Waals surface area (Å²) < 4.78 is 21.8. The van der Waals surface area contributed by atoms with Crippen molar-refractivity contribution in [1.29, 1.82) is 0 Å². The molecule has 269 valence electrons. The van der Waals surface area contributed by atoms with E-state index >= 15 is 0 Å². The van der Waals surface area contributed by atoms with Crippen molar-refractivity contribution in [1.82, 2.24) is 10.2 Å². The second-order valence-corrected chi connectivity index (χ2v) is 10.3. The molecule has 2 aromatic carbocycles. The summed E-state index contributed by atoms with van der Waals surface area (Å²) in [5, 5.41) is 21.0. The summed E-state index contributed by atoms with van der Waals surface area (Å²) in [6.07, 6.45) is 6.84. The van der Waals surface area contributed by atoms with E-state index in [1.807, 2.05) is 12.1 Å². The molecule has 2 aliphatic heterocycles. The van der Waals surface area contributed by atoms with Gasteiger partial charge in [0.05, 0.1) is 14.2 Å². The standard InChI is InChI=1S/C14H21NO2.C8H8O2.C6H13NO.C4H6O3.C2H3O.BO.Na.H2O/c1-17-14-4-2-12(3-5-14)10-15-8-6-13(11-16)7-9-15;1-10-8-4-2-7(6-9)3-5-8;8-5-6-1-3-7-4-2-6;1-3(5)7-4(2)6;1-2-3;1-2;;/h2-5,13,16H,6-11H2,1H3;2-6H,1H3;6-8H,1-5H2;1-2H3;1H3;;;1H2/q;;;;-1;;+1;. The number of aliphatic hydroxyl groups excluding tert-OH is 2. The van der Waals surface area contributed by atoms with Crippen LogP contribution < -0.4 is 44.3 Å². The summed E-state index contributed by atoms with van der Waals surface area (Å²) in [7, 11) is 6.53. The molecule has 0 amide bonds. The number of rotatable bonds is 7. The maximum Gasteiger partial charge on any atom is 1.00 e. The van der Waals surface area contributed by atoms with Crippen molar-refractivity contribution in [3.05, 3.63) is 59.7 Å². The Morgan fingerprint density at radius 2 is 1.24 bits per heavy atom. The normalized spacial score (nSPS) is 13.4. The van der Waals surface area contributed by atoms with Gasteiger partial charge in [0.1, 0.15) is 17.8 Å². The van der Waals surface area contributed by atoms with Gasteiger partial charge in [-0.1, -0.05) is 12.1 Å². The first-order valence-electron chi connectivity index (χ1n) is 15.2. The Morgan fingerprint density at radius 1 is 0.857 bits per heavy atom. The van der Waals surface area contributed by atoms with E-state index in [2.05, 4.69) is 34.8 Å². The second-order valence-electron chi connectivity index (χ2n) is 10.3. The van der Waals surface area contributed by atoms with Gasteiger partial charge in [-0.3, -0.25) is 25.6 Å². The van der Waals surface area contributed by atoms with Gasteiger partial charge in [-0.25, -0.2) is 0 Å². The Morgan fingerprint density at radius 3 is 1.55 bits per heavy atom. The SMILES string of the molecule is CC(=O)OC(C)=O.COc1ccc(C=O)cc1.COc1ccc(CN2CCC(CO)CC2)cc1.C[C-]=O.O.OCC1CCNCC1.[B]=O.[Na+]. The molecule has 49 heavy (non-hydrogen) atoms. The number of methoxy groups -OCH3 is 2. The molecule has 0 saturated carbocycles. The molecule has 2 heterocycles. The largest absolute Gasteiger partial charge is 1.00 e. The van der Waals surface area contributed by atoms with Gasteiger partial charge in [0.15, 0.2) is 0 Å². The fraction of sp³-hybridized carbons (Fsp3) is 0.529. The van der Waals surface area contributed by atoms with Crippen LogP contribution in [0.1, 0.15) is 62.4 Å². The smallest absolute Gasteiger partial charge is 1.00 e. The molecule has 0 aliphatic carbocycles. The fourth-order valence-corrected chi connectivity index (χ4v) is 4.27. The van der Waals surface area contributed by atoms with Gasteiger partial charge in [-0.15, -0.1) is 0 Å². The molecule has 2 saturated heterocycles. The molecule has 2 aliphatic rings. The van der Waals surface area contributed by atoms with Crippen molar-refractivity contribution in [3.8, 4) is 11.5 Å². The van der Waals surface area contributed by atoms with Gasteiger partial charge in [0, 0.05) is 39.2 Å². The number of carbonyl (C=O) groups is 3. The van der Waals surface area contributed by atoms with Crippen LogP contribution in [0, 0.1) is 11.8 Å². The van der Waals surface area contributed by atoms with Gasteiger partial charge in [-0.2, -0.15) is 6.92 Å². The average Bonchev–Trinajstić information content (AvgIpc) is 3.11. The van der Waals surface area contributed by atoms with Crippen LogP contribution in [0.3, 0.4) is 0 Å². The third kappa shape index (κ3) is 29.8. The minimum atomic E-state index is -0.562. The van der Waals surface area contributed by atoms with Crippen LogP contribution in [0.4, 0.5) is 0 Å². The second kappa shape index (κ2) is 36.5. The predicted molar refractivity (Wildman–Crippen MR) is 183 cm³/mol. The summed E-state index contributed by atoms with van der Waals surface area (Å²) in [5.41, 5.74) is 1.99. The summed E-state index contributed by atoms with van der Waals surface area (Å²) in [6.45, 7) is 9.77. The number of hydrogen-bond acceptors (Lipinski definition) is 12. The van der Waals surface area contributed by atoms with Crippen molar-refractivity contribution < 1.29 is 83.3 Å². The number of piperidine rings is 2. The van der Waals surface area contributed by atoms with Crippen molar-refractivity contribution >= 4 is 32.2 Å². The van der Waals surface area contributed by atoms with E-state index in [4.69, 9.17) is 29.2 Å². The van der Waals surface area contributed by atoms with E-state index in [-0.39, 0.29) is 35.0 Å². The third-order valence-electron chi connectivity index (χ3n) is 6.79. The first kappa shape index (κ1) is 53.0. The number of ether oxygens (including phenoxy) is 3. The molecule has 0 bridgehead atoms. The molecule has 2 aromatic rings. The summed E-state index contributed by atoms with van der Waals surface area (Å²) in [6, 6.07) is 15.2. The minimum Gasteiger partial charge on any atom is 1.00 e. The maximum absolute atomic E-state index is 10.2. The fourth-order valence-electron chi connectivity index (χ4n) is 4.27.